The highest BCUT2D eigenvalue weighted by Crippen LogP contribution is 2.68. The van der Waals surface area contributed by atoms with Gasteiger partial charge in [0.15, 0.2) is 0 Å². The van der Waals surface area contributed by atoms with Crippen LogP contribution in [0.4, 0.5) is 0 Å². The van der Waals surface area contributed by atoms with Crippen LogP contribution in [-0.4, -0.2) is 12.6 Å². The number of allylic oxidation sites excluding steroid dienone is 1. The van der Waals surface area contributed by atoms with E-state index in [1.54, 1.807) is 0 Å². The van der Waals surface area contributed by atoms with E-state index in [9.17, 15) is 4.79 Å². The molecule has 122 valence electrons. The third-order valence-corrected chi connectivity index (χ3v) is 8.20. The first kappa shape index (κ1) is 14.8. The Morgan fingerprint density at radius 1 is 1.05 bits per heavy atom. The van der Waals surface area contributed by atoms with E-state index >= 15 is 0 Å². The highest BCUT2D eigenvalue weighted by Gasteiger charge is 2.62. The molecule has 2 nitrogen and oxygen atoms in total. The highest BCUT2D eigenvalue weighted by atomic mass is 16.5. The number of esters is 1. The lowest BCUT2D eigenvalue weighted by Gasteiger charge is -2.64. The number of ether oxygens (including phenoxy) is 1. The molecule has 5 atom stereocenters. The van der Waals surface area contributed by atoms with Crippen molar-refractivity contribution < 1.29 is 9.53 Å². The van der Waals surface area contributed by atoms with E-state index in [2.05, 4.69) is 33.8 Å². The maximum Gasteiger partial charge on any atom is 0.334 e. The summed E-state index contributed by atoms with van der Waals surface area (Å²) in [6.45, 7) is 10.6. The molecule has 2 saturated carbocycles. The van der Waals surface area contributed by atoms with Crippen molar-refractivity contribution in [2.75, 3.05) is 6.61 Å². The molecule has 1 saturated heterocycles. The molecule has 0 bridgehead atoms. The van der Waals surface area contributed by atoms with Gasteiger partial charge in [-0.05, 0) is 60.2 Å². The zero-order valence-corrected chi connectivity index (χ0v) is 14.6. The molecule has 4 rings (SSSR count). The molecule has 3 aliphatic carbocycles. The topological polar surface area (TPSA) is 26.3 Å². The Kier molecular flexibility index (Phi) is 2.95. The smallest absolute Gasteiger partial charge is 0.334 e. The molecule has 4 aliphatic rings. The van der Waals surface area contributed by atoms with Crippen molar-refractivity contribution in [3.05, 3.63) is 11.6 Å². The number of hydrogen-bond acceptors (Lipinski definition) is 2. The molecule has 0 aromatic heterocycles. The minimum atomic E-state index is -0.0408. The van der Waals surface area contributed by atoms with Crippen LogP contribution in [0.5, 0.6) is 0 Å². The molecule has 0 amide bonds. The van der Waals surface area contributed by atoms with E-state index < -0.39 is 0 Å². The summed E-state index contributed by atoms with van der Waals surface area (Å²) in [5.74, 6) is 1.85. The largest absolute Gasteiger partial charge is 0.462 e. The molecule has 1 heterocycles. The molecule has 0 spiro atoms. The number of carbonyl (C=O) groups is 1. The third kappa shape index (κ3) is 1.70. The summed E-state index contributed by atoms with van der Waals surface area (Å²) in [4.78, 5) is 12.0. The predicted octanol–water partition coefficient (Wildman–Crippen LogP) is 4.74. The van der Waals surface area contributed by atoms with Crippen LogP contribution in [-0.2, 0) is 9.53 Å². The molecule has 1 aliphatic heterocycles. The van der Waals surface area contributed by atoms with E-state index in [0.717, 1.165) is 17.9 Å². The minimum Gasteiger partial charge on any atom is -0.462 e. The van der Waals surface area contributed by atoms with E-state index in [1.807, 2.05) is 0 Å². The molecule has 0 aromatic carbocycles. The average molecular weight is 302 g/mol. The fourth-order valence-corrected chi connectivity index (χ4v) is 7.13. The van der Waals surface area contributed by atoms with Crippen molar-refractivity contribution in [1.82, 2.24) is 0 Å². The highest BCUT2D eigenvalue weighted by molar-refractivity contribution is 5.91. The first-order valence-electron chi connectivity index (χ1n) is 9.16. The molecular weight excluding hydrogens is 272 g/mol. The van der Waals surface area contributed by atoms with Crippen molar-refractivity contribution in [3.8, 4) is 0 Å². The lowest BCUT2D eigenvalue weighted by Crippen LogP contribution is -2.57. The maximum absolute atomic E-state index is 12.0. The second-order valence-corrected chi connectivity index (χ2v) is 9.54. The second-order valence-electron chi connectivity index (χ2n) is 9.54. The van der Waals surface area contributed by atoms with Gasteiger partial charge in [-0.2, -0.15) is 0 Å². The predicted molar refractivity (Wildman–Crippen MR) is 87.2 cm³/mol. The van der Waals surface area contributed by atoms with Gasteiger partial charge in [0.1, 0.15) is 0 Å². The lowest BCUT2D eigenvalue weighted by molar-refractivity contribution is -0.145. The van der Waals surface area contributed by atoms with Crippen LogP contribution in [0.2, 0.25) is 0 Å². The zero-order chi connectivity index (χ0) is 15.8. The Balaban J connectivity index is 1.76. The molecule has 0 unspecified atom stereocenters. The fourth-order valence-electron chi connectivity index (χ4n) is 7.13. The van der Waals surface area contributed by atoms with Gasteiger partial charge in [-0.25, -0.2) is 4.79 Å². The fraction of sp³-hybridized carbons (Fsp3) is 0.850. The zero-order valence-electron chi connectivity index (χ0n) is 14.6. The Labute approximate surface area is 134 Å². The number of hydrogen-bond donors (Lipinski definition) is 0. The van der Waals surface area contributed by atoms with Crippen molar-refractivity contribution in [3.63, 3.8) is 0 Å². The average Bonchev–Trinajstić information content (AvgIpc) is 2.80. The van der Waals surface area contributed by atoms with Gasteiger partial charge in [-0.3, -0.25) is 0 Å². The molecule has 22 heavy (non-hydrogen) atoms. The summed E-state index contributed by atoms with van der Waals surface area (Å²) >= 11 is 0. The minimum absolute atomic E-state index is 0.0408. The van der Waals surface area contributed by atoms with Gasteiger partial charge in [-0.1, -0.05) is 40.2 Å². The van der Waals surface area contributed by atoms with Gasteiger partial charge in [0.25, 0.3) is 0 Å². The summed E-state index contributed by atoms with van der Waals surface area (Å²) in [5.41, 5.74) is 2.16. The molecule has 0 N–H and O–H groups in total. The second kappa shape index (κ2) is 4.39. The molecular formula is C20H30O2. The van der Waals surface area contributed by atoms with Crippen LogP contribution in [0.1, 0.15) is 66.2 Å². The van der Waals surface area contributed by atoms with Crippen LogP contribution in [0.15, 0.2) is 11.6 Å². The van der Waals surface area contributed by atoms with Gasteiger partial charge < -0.3 is 4.74 Å². The number of fused-ring (bicyclic) bond motifs is 5. The lowest BCUT2D eigenvalue weighted by atomic mass is 9.40. The Bertz CT molecular complexity index is 546. The standard InChI is InChI=1S/C20H30O2/c1-18(2)9-5-10-20(4)15(18)8-11-19(3)14-12-22-17(21)13(14)6-7-16(19)20/h6,14-16H,5,7-12H2,1-4H3/t14-,15+,16+,19+,20+/m0/s1. The quantitative estimate of drug-likeness (QED) is 0.604. The third-order valence-electron chi connectivity index (χ3n) is 8.20. The van der Waals surface area contributed by atoms with Gasteiger partial charge in [-0.15, -0.1) is 0 Å². The summed E-state index contributed by atoms with van der Waals surface area (Å²) in [7, 11) is 0. The van der Waals surface area contributed by atoms with E-state index in [-0.39, 0.29) is 11.4 Å². The summed E-state index contributed by atoms with van der Waals surface area (Å²) in [5, 5.41) is 0. The van der Waals surface area contributed by atoms with Crippen LogP contribution in [0.25, 0.3) is 0 Å². The van der Waals surface area contributed by atoms with Crippen molar-refractivity contribution >= 4 is 5.97 Å². The Hall–Kier alpha value is -0.790. The summed E-state index contributed by atoms with van der Waals surface area (Å²) < 4.78 is 5.42. The van der Waals surface area contributed by atoms with E-state index in [0.29, 0.717) is 29.3 Å². The van der Waals surface area contributed by atoms with Gasteiger partial charge in [0, 0.05) is 11.5 Å². The molecule has 0 aromatic rings. The van der Waals surface area contributed by atoms with Gasteiger partial charge in [0.2, 0.25) is 0 Å². The van der Waals surface area contributed by atoms with Crippen LogP contribution in [0, 0.1) is 34.0 Å². The molecule has 0 radical (unpaired) electrons. The first-order valence-corrected chi connectivity index (χ1v) is 9.16. The Morgan fingerprint density at radius 2 is 1.82 bits per heavy atom. The van der Waals surface area contributed by atoms with Crippen molar-refractivity contribution in [1.29, 1.82) is 0 Å². The van der Waals surface area contributed by atoms with E-state index in [1.165, 1.54) is 32.1 Å². The van der Waals surface area contributed by atoms with Crippen LogP contribution < -0.4 is 0 Å². The van der Waals surface area contributed by atoms with Gasteiger partial charge >= 0.3 is 5.97 Å². The van der Waals surface area contributed by atoms with E-state index in [4.69, 9.17) is 4.74 Å². The van der Waals surface area contributed by atoms with Gasteiger partial charge in [0.05, 0.1) is 6.61 Å². The SMILES string of the molecule is CC1(C)CCC[C@@]2(C)[C@@H]3CC=C4C(=O)OC[C@@H]4[C@@]3(C)CC[C@H]12. The normalized spacial score (nSPS) is 49.5. The number of cyclic esters (lactones) is 1. The van der Waals surface area contributed by atoms with Crippen molar-refractivity contribution in [2.24, 2.45) is 34.0 Å². The van der Waals surface area contributed by atoms with Crippen molar-refractivity contribution in [2.45, 2.75) is 66.2 Å². The molecule has 3 fully saturated rings. The Morgan fingerprint density at radius 3 is 2.59 bits per heavy atom. The summed E-state index contributed by atoms with van der Waals surface area (Å²) in [6.07, 6.45) is 10.0. The monoisotopic (exact) mass is 302 g/mol. The number of carbonyl (C=O) groups excluding carboxylic acids is 1. The number of rotatable bonds is 0. The molecule has 2 heteroatoms. The van der Waals surface area contributed by atoms with Crippen LogP contribution >= 0.6 is 0 Å². The maximum atomic E-state index is 12.0. The first-order chi connectivity index (χ1) is 10.3. The van der Waals surface area contributed by atoms with Crippen LogP contribution in [0.3, 0.4) is 0 Å². The summed E-state index contributed by atoms with van der Waals surface area (Å²) in [6, 6.07) is 0.